The van der Waals surface area contributed by atoms with Crippen LogP contribution in [-0.2, 0) is 28.5 Å². The average molecular weight is 801 g/mol. The van der Waals surface area contributed by atoms with Crippen molar-refractivity contribution in [3.05, 3.63) is 36.0 Å². The molecule has 0 aliphatic carbocycles. The molecule has 14 atom stereocenters. The number of piperidine rings is 1. The number of H-pyrrole nitrogens is 1. The van der Waals surface area contributed by atoms with Gasteiger partial charge in [0, 0.05) is 61.0 Å². The van der Waals surface area contributed by atoms with Crippen molar-refractivity contribution in [1.82, 2.24) is 20.1 Å². The molecule has 0 saturated carbocycles. The highest BCUT2D eigenvalue weighted by Crippen LogP contribution is 2.48. The van der Waals surface area contributed by atoms with E-state index < -0.39 is 77.6 Å². The van der Waals surface area contributed by atoms with E-state index in [0.29, 0.717) is 50.9 Å². The zero-order valence-corrected chi connectivity index (χ0v) is 35.6. The van der Waals surface area contributed by atoms with Gasteiger partial charge in [-0.1, -0.05) is 39.0 Å². The first kappa shape index (κ1) is 43.9. The molecular formula is C43H68N4O10. The first-order valence-electron chi connectivity index (χ1n) is 21.0. The van der Waals surface area contributed by atoms with Gasteiger partial charge in [-0.05, 0) is 86.5 Å². The van der Waals surface area contributed by atoms with E-state index in [1.54, 1.807) is 13.1 Å². The highest BCUT2D eigenvalue weighted by atomic mass is 16.7. The normalized spacial score (nSPS) is 41.1. The molecule has 1 amide bonds. The Kier molecular flexibility index (Phi) is 13.2. The van der Waals surface area contributed by atoms with E-state index in [2.05, 4.69) is 17.2 Å². The summed E-state index contributed by atoms with van der Waals surface area (Å²) in [7, 11) is 3.86. The van der Waals surface area contributed by atoms with Crippen molar-refractivity contribution in [2.75, 3.05) is 33.7 Å². The number of aromatic nitrogens is 1. The van der Waals surface area contributed by atoms with Gasteiger partial charge in [-0.2, -0.15) is 0 Å². The quantitative estimate of drug-likeness (QED) is 0.277. The lowest BCUT2D eigenvalue weighted by atomic mass is 9.78. The van der Waals surface area contributed by atoms with E-state index >= 15 is 0 Å². The number of carbonyl (C=O) groups is 2. The van der Waals surface area contributed by atoms with E-state index in [0.717, 1.165) is 10.9 Å². The SMILES string of the molecule is CC[C@H]1OC(=O)[C@H](C)[C@H]2OC3(CCN(C(=O)c4c[nH]c5ccccc45)CC3)O[C@](C)(C[C@@H](C)CN[C@H](C)[C@@H](O)[C@]1(C)O)[C@H](O[C@@H]1O[C@H](C)C[C@H](N(C)C)[C@H]1O)[C@H]2C. The van der Waals surface area contributed by atoms with Crippen LogP contribution in [0, 0.1) is 17.8 Å². The maximum atomic E-state index is 14.3. The lowest BCUT2D eigenvalue weighted by molar-refractivity contribution is -0.331. The van der Waals surface area contributed by atoms with Crippen molar-refractivity contribution in [1.29, 1.82) is 0 Å². The molecule has 1 aromatic heterocycles. The number of amides is 1. The van der Waals surface area contributed by atoms with Gasteiger partial charge >= 0.3 is 5.97 Å². The van der Waals surface area contributed by atoms with Crippen molar-refractivity contribution in [2.45, 2.75) is 159 Å². The van der Waals surface area contributed by atoms with Crippen molar-refractivity contribution >= 4 is 22.8 Å². The number of cyclic esters (lactones) is 1. The second-order valence-corrected chi connectivity index (χ2v) is 18.2. The van der Waals surface area contributed by atoms with Gasteiger partial charge in [0.15, 0.2) is 12.1 Å². The number of benzene rings is 1. The highest BCUT2D eigenvalue weighted by molar-refractivity contribution is 6.06. The largest absolute Gasteiger partial charge is 0.459 e. The van der Waals surface area contributed by atoms with E-state index in [4.69, 9.17) is 23.7 Å². The Bertz CT molecular complexity index is 1690. The number of likely N-dealkylation sites (tertiary alicyclic amines) is 1. The van der Waals surface area contributed by atoms with Gasteiger partial charge in [0.1, 0.15) is 23.9 Å². The molecule has 57 heavy (non-hydrogen) atoms. The number of hydrogen-bond donors (Lipinski definition) is 5. The van der Waals surface area contributed by atoms with Crippen molar-refractivity contribution in [3.63, 3.8) is 0 Å². The number of nitrogens with zero attached hydrogens (tertiary/aromatic N) is 2. The maximum absolute atomic E-state index is 14.3. The summed E-state index contributed by atoms with van der Waals surface area (Å²) in [6.07, 6.45) is -2.16. The molecule has 4 saturated heterocycles. The first-order valence-corrected chi connectivity index (χ1v) is 21.0. The first-order chi connectivity index (χ1) is 26.8. The fraction of sp³-hybridized carbons (Fsp3) is 0.767. The molecule has 2 bridgehead atoms. The molecule has 4 aliphatic heterocycles. The summed E-state index contributed by atoms with van der Waals surface area (Å²) in [5.41, 5.74) is -1.31. The number of nitrogens with one attached hydrogen (secondary N) is 2. The van der Waals surface area contributed by atoms with E-state index in [1.807, 2.05) is 82.8 Å². The number of ether oxygens (including phenoxy) is 5. The number of likely N-dealkylation sites (N-methyl/N-ethyl adjacent to an activating group) is 1. The number of esters is 1. The van der Waals surface area contributed by atoms with Crippen molar-refractivity contribution in [3.8, 4) is 0 Å². The lowest BCUT2D eigenvalue weighted by Crippen LogP contribution is -2.60. The van der Waals surface area contributed by atoms with Crippen LogP contribution in [0.4, 0.5) is 0 Å². The fourth-order valence-electron chi connectivity index (χ4n) is 10.0. The standard InChI is InChI=1S/C43H68N4O10/c1-11-33-42(8,52)36(49)28(6)44-22-24(2)21-41(7)37(55-40-34(48)32(46(9)10)20-25(3)53-40)26(4)35(27(5)39(51)54-33)56-43(57-41)16-18-47(19-17-43)38(50)30-23-45-31-15-13-12-14-29(30)31/h12-15,23-28,32-37,40,44-45,48-49,52H,11,16-22H2,1-10H3/t24-,25-,26+,27-,28-,32+,33-,34-,35+,36-,37-,40+,41-,42-/m1/s1. The van der Waals surface area contributed by atoms with Crippen LogP contribution in [0.1, 0.15) is 97.9 Å². The third-order valence-corrected chi connectivity index (χ3v) is 13.3. The summed E-state index contributed by atoms with van der Waals surface area (Å²) < 4.78 is 34.0. The van der Waals surface area contributed by atoms with Gasteiger partial charge in [-0.3, -0.25) is 9.59 Å². The van der Waals surface area contributed by atoms with Crippen LogP contribution >= 0.6 is 0 Å². The molecule has 5 N–H and O–H groups in total. The smallest absolute Gasteiger partial charge is 0.311 e. The van der Waals surface area contributed by atoms with Crippen LogP contribution in [0.5, 0.6) is 0 Å². The van der Waals surface area contributed by atoms with Crippen molar-refractivity contribution in [2.24, 2.45) is 17.8 Å². The zero-order chi connectivity index (χ0) is 41.6. The Balaban J connectivity index is 1.40. The number of aliphatic hydroxyl groups is 3. The third-order valence-electron chi connectivity index (χ3n) is 13.3. The summed E-state index contributed by atoms with van der Waals surface area (Å²) in [5.74, 6) is -3.30. The van der Waals surface area contributed by atoms with Gasteiger partial charge in [0.05, 0.1) is 35.4 Å². The molecular weight excluding hydrogens is 732 g/mol. The number of rotatable bonds is 5. The number of para-hydroxylation sites is 1. The Labute approximate surface area is 337 Å². The Hall–Kier alpha value is -2.66. The third kappa shape index (κ3) is 8.81. The second kappa shape index (κ2) is 17.1. The molecule has 5 heterocycles. The van der Waals surface area contributed by atoms with Gasteiger partial charge < -0.3 is 59.1 Å². The topological polar surface area (TPSA) is 175 Å². The Morgan fingerprint density at radius 1 is 1.07 bits per heavy atom. The minimum atomic E-state index is -1.75. The molecule has 6 rings (SSSR count). The minimum Gasteiger partial charge on any atom is -0.459 e. The van der Waals surface area contributed by atoms with E-state index in [1.165, 1.54) is 6.92 Å². The van der Waals surface area contributed by atoms with Crippen LogP contribution in [0.25, 0.3) is 10.9 Å². The number of carbonyl (C=O) groups excluding carboxylic acids is 2. The van der Waals surface area contributed by atoms with Crippen LogP contribution in [0.2, 0.25) is 0 Å². The van der Waals surface area contributed by atoms with Gasteiger partial charge in [-0.25, -0.2) is 0 Å². The van der Waals surface area contributed by atoms with Crippen LogP contribution < -0.4 is 5.32 Å². The molecule has 1 aromatic carbocycles. The summed E-state index contributed by atoms with van der Waals surface area (Å²) >= 11 is 0. The molecule has 0 radical (unpaired) electrons. The Morgan fingerprint density at radius 3 is 2.42 bits per heavy atom. The van der Waals surface area contributed by atoms with Gasteiger partial charge in [-0.15, -0.1) is 0 Å². The summed E-state index contributed by atoms with van der Waals surface area (Å²) in [6, 6.07) is 6.98. The second-order valence-electron chi connectivity index (χ2n) is 18.2. The van der Waals surface area contributed by atoms with E-state index in [-0.39, 0.29) is 30.4 Å². The molecule has 4 aliphatic rings. The van der Waals surface area contributed by atoms with Crippen LogP contribution in [-0.4, -0.2) is 148 Å². The maximum Gasteiger partial charge on any atom is 0.311 e. The minimum absolute atomic E-state index is 0.0434. The summed E-state index contributed by atoms with van der Waals surface area (Å²) in [5, 5.41) is 39.1. The van der Waals surface area contributed by atoms with Crippen LogP contribution in [0.3, 0.4) is 0 Å². The predicted octanol–water partition coefficient (Wildman–Crippen LogP) is 3.81. The average Bonchev–Trinajstić information content (AvgIpc) is 3.58. The highest BCUT2D eigenvalue weighted by Gasteiger charge is 2.58. The molecule has 14 nitrogen and oxygen atoms in total. The molecule has 2 aromatic rings. The molecule has 0 unspecified atom stereocenters. The monoisotopic (exact) mass is 800 g/mol. The predicted molar refractivity (Wildman–Crippen MR) is 214 cm³/mol. The fourth-order valence-corrected chi connectivity index (χ4v) is 10.0. The molecule has 14 heteroatoms. The van der Waals surface area contributed by atoms with Gasteiger partial charge in [0.2, 0.25) is 0 Å². The molecule has 1 spiro atoms. The van der Waals surface area contributed by atoms with Crippen LogP contribution in [0.15, 0.2) is 30.5 Å². The summed E-state index contributed by atoms with van der Waals surface area (Å²) in [4.78, 5) is 35.3. The van der Waals surface area contributed by atoms with Gasteiger partial charge in [0.25, 0.3) is 5.91 Å². The number of fused-ring (bicyclic) bond motifs is 4. The Morgan fingerprint density at radius 2 is 1.75 bits per heavy atom. The summed E-state index contributed by atoms with van der Waals surface area (Å²) in [6.45, 7) is 16.1. The number of aliphatic hydroxyl groups excluding tert-OH is 2. The van der Waals surface area contributed by atoms with E-state index in [9.17, 15) is 24.9 Å². The van der Waals surface area contributed by atoms with Crippen molar-refractivity contribution < 1.29 is 48.6 Å². The number of aromatic amines is 1. The number of hydrogen-bond acceptors (Lipinski definition) is 12. The zero-order valence-electron chi connectivity index (χ0n) is 35.6. The lowest BCUT2D eigenvalue weighted by Gasteiger charge is -2.49. The molecule has 4 fully saturated rings. The molecule has 320 valence electrons.